The molecule has 0 radical (unpaired) electrons. The van der Waals surface area contributed by atoms with Gasteiger partial charge in [-0.1, -0.05) is 13.8 Å². The Balaban J connectivity index is 2.44. The molecule has 0 aliphatic carbocycles. The van der Waals surface area contributed by atoms with Crippen molar-refractivity contribution in [3.8, 4) is 5.88 Å². The summed E-state index contributed by atoms with van der Waals surface area (Å²) in [6.07, 6.45) is 1.41. The topological polar surface area (TPSA) is 79.5 Å². The summed E-state index contributed by atoms with van der Waals surface area (Å²) < 4.78 is 15.7. The average molecular weight is 255 g/mol. The monoisotopic (exact) mass is 255 g/mol. The minimum atomic E-state index is 0.218. The molecule has 0 bridgehead atoms. The number of aromatic nitrogens is 2. The zero-order valence-electron chi connectivity index (χ0n) is 11.2. The number of rotatable bonds is 8. The van der Waals surface area contributed by atoms with E-state index >= 15 is 0 Å². The molecular formula is C12H21N3O3. The van der Waals surface area contributed by atoms with E-state index in [0.29, 0.717) is 38.1 Å². The number of hydrogen-bond donors (Lipinski definition) is 1. The van der Waals surface area contributed by atoms with Crippen LogP contribution >= 0.6 is 0 Å². The van der Waals surface area contributed by atoms with Gasteiger partial charge in [0.1, 0.15) is 18.8 Å². The molecule has 0 atom stereocenters. The quantitative estimate of drug-likeness (QED) is 0.704. The van der Waals surface area contributed by atoms with Gasteiger partial charge in [-0.3, -0.25) is 0 Å². The molecule has 0 spiro atoms. The second-order valence-electron chi connectivity index (χ2n) is 4.09. The van der Waals surface area contributed by atoms with Crippen LogP contribution in [0, 0.1) is 0 Å². The van der Waals surface area contributed by atoms with Gasteiger partial charge in [0.2, 0.25) is 5.88 Å². The molecule has 1 heterocycles. The number of nitrogens with zero attached hydrogens (tertiary/aromatic N) is 2. The van der Waals surface area contributed by atoms with Gasteiger partial charge in [0.25, 0.3) is 0 Å². The van der Waals surface area contributed by atoms with E-state index in [1.165, 1.54) is 6.33 Å². The number of methoxy groups -OCH3 is 1. The van der Waals surface area contributed by atoms with Crippen molar-refractivity contribution in [1.82, 2.24) is 9.97 Å². The number of nitrogen functional groups attached to an aromatic ring is 1. The third-order valence-corrected chi connectivity index (χ3v) is 2.35. The molecule has 1 aromatic rings. The number of hydrogen-bond acceptors (Lipinski definition) is 6. The first-order chi connectivity index (χ1) is 8.66. The first-order valence-electron chi connectivity index (χ1n) is 5.96. The highest BCUT2D eigenvalue weighted by Gasteiger charge is 2.13. The Kier molecular flexibility index (Phi) is 6.38. The molecule has 1 aromatic heterocycles. The molecule has 2 N–H and O–H groups in total. The normalized spacial score (nSPS) is 10.9. The molecule has 0 amide bonds. The fraction of sp³-hybridized carbons (Fsp3) is 0.667. The molecule has 0 unspecified atom stereocenters. The molecule has 0 saturated heterocycles. The van der Waals surface area contributed by atoms with Crippen LogP contribution in [0.25, 0.3) is 0 Å². The van der Waals surface area contributed by atoms with Crippen molar-refractivity contribution >= 4 is 5.82 Å². The fourth-order valence-electron chi connectivity index (χ4n) is 1.49. The average Bonchev–Trinajstić information content (AvgIpc) is 2.33. The largest absolute Gasteiger partial charge is 0.475 e. The summed E-state index contributed by atoms with van der Waals surface area (Å²) in [4.78, 5) is 8.07. The summed E-state index contributed by atoms with van der Waals surface area (Å²) in [5.74, 6) is 1.22. The highest BCUT2D eigenvalue weighted by atomic mass is 16.5. The van der Waals surface area contributed by atoms with Crippen molar-refractivity contribution in [3.05, 3.63) is 11.9 Å². The Bertz CT molecular complexity index is 358. The summed E-state index contributed by atoms with van der Waals surface area (Å²) in [6.45, 7) is 6.11. The Morgan fingerprint density at radius 1 is 1.17 bits per heavy atom. The van der Waals surface area contributed by atoms with Crippen molar-refractivity contribution < 1.29 is 14.2 Å². The summed E-state index contributed by atoms with van der Waals surface area (Å²) in [6, 6.07) is 0. The van der Waals surface area contributed by atoms with Crippen LogP contribution in [0.15, 0.2) is 6.33 Å². The maximum atomic E-state index is 5.81. The molecule has 0 aliphatic heterocycles. The number of nitrogens with two attached hydrogens (primary N) is 1. The minimum Gasteiger partial charge on any atom is -0.475 e. The lowest BCUT2D eigenvalue weighted by molar-refractivity contribution is 0.0534. The molecule has 6 nitrogen and oxygen atoms in total. The maximum Gasteiger partial charge on any atom is 0.222 e. The van der Waals surface area contributed by atoms with E-state index in [4.69, 9.17) is 19.9 Å². The van der Waals surface area contributed by atoms with Gasteiger partial charge in [-0.15, -0.1) is 0 Å². The van der Waals surface area contributed by atoms with Gasteiger partial charge < -0.3 is 19.9 Å². The van der Waals surface area contributed by atoms with E-state index in [1.54, 1.807) is 7.11 Å². The standard InChI is InChI=1S/C12H21N3O3/c1-9(2)10-11(13)14-8-15-12(10)18-7-6-17-5-4-16-3/h8-9H,4-7H2,1-3H3,(H2,13,14,15). The SMILES string of the molecule is COCCOCCOc1ncnc(N)c1C(C)C. The number of anilines is 1. The van der Waals surface area contributed by atoms with E-state index < -0.39 is 0 Å². The second kappa shape index (κ2) is 7.84. The summed E-state index contributed by atoms with van der Waals surface area (Å²) in [5.41, 5.74) is 6.66. The van der Waals surface area contributed by atoms with Gasteiger partial charge in [-0.2, -0.15) is 0 Å². The molecule has 6 heteroatoms. The third-order valence-electron chi connectivity index (χ3n) is 2.35. The van der Waals surface area contributed by atoms with Crippen LogP contribution in [-0.4, -0.2) is 43.5 Å². The van der Waals surface area contributed by atoms with Gasteiger partial charge in [-0.05, 0) is 5.92 Å². The number of ether oxygens (including phenoxy) is 3. The molecule has 102 valence electrons. The van der Waals surface area contributed by atoms with Crippen LogP contribution in [0.5, 0.6) is 5.88 Å². The maximum absolute atomic E-state index is 5.81. The van der Waals surface area contributed by atoms with Crippen molar-refractivity contribution in [2.24, 2.45) is 0 Å². The predicted octanol–water partition coefficient (Wildman–Crippen LogP) is 1.22. The van der Waals surface area contributed by atoms with E-state index in [1.807, 2.05) is 13.8 Å². The Labute approximate surface area is 107 Å². The predicted molar refractivity (Wildman–Crippen MR) is 68.7 cm³/mol. The van der Waals surface area contributed by atoms with Gasteiger partial charge in [0, 0.05) is 7.11 Å². The van der Waals surface area contributed by atoms with Crippen LogP contribution in [0.4, 0.5) is 5.82 Å². The highest BCUT2D eigenvalue weighted by molar-refractivity contribution is 5.46. The van der Waals surface area contributed by atoms with Crippen molar-refractivity contribution in [1.29, 1.82) is 0 Å². The lowest BCUT2D eigenvalue weighted by Crippen LogP contribution is -2.13. The minimum absolute atomic E-state index is 0.218. The summed E-state index contributed by atoms with van der Waals surface area (Å²) in [7, 11) is 1.64. The molecule has 0 fully saturated rings. The highest BCUT2D eigenvalue weighted by Crippen LogP contribution is 2.27. The smallest absolute Gasteiger partial charge is 0.222 e. The fourth-order valence-corrected chi connectivity index (χ4v) is 1.49. The molecule has 0 aliphatic rings. The lowest BCUT2D eigenvalue weighted by Gasteiger charge is -2.14. The molecule has 0 saturated carbocycles. The van der Waals surface area contributed by atoms with Crippen LogP contribution in [0.1, 0.15) is 25.3 Å². The first-order valence-corrected chi connectivity index (χ1v) is 5.96. The van der Waals surface area contributed by atoms with Crippen LogP contribution in [-0.2, 0) is 9.47 Å². The zero-order valence-corrected chi connectivity index (χ0v) is 11.2. The summed E-state index contributed by atoms with van der Waals surface area (Å²) >= 11 is 0. The van der Waals surface area contributed by atoms with E-state index in [9.17, 15) is 0 Å². The first kappa shape index (κ1) is 14.7. The zero-order chi connectivity index (χ0) is 13.4. The van der Waals surface area contributed by atoms with Gasteiger partial charge in [-0.25, -0.2) is 9.97 Å². The molecular weight excluding hydrogens is 234 g/mol. The lowest BCUT2D eigenvalue weighted by atomic mass is 10.1. The van der Waals surface area contributed by atoms with E-state index in [0.717, 1.165) is 5.56 Å². The third kappa shape index (κ3) is 4.46. The summed E-state index contributed by atoms with van der Waals surface area (Å²) in [5, 5.41) is 0. The van der Waals surface area contributed by atoms with Gasteiger partial charge >= 0.3 is 0 Å². The Morgan fingerprint density at radius 2 is 1.89 bits per heavy atom. The van der Waals surface area contributed by atoms with Crippen molar-refractivity contribution in [2.75, 3.05) is 39.3 Å². The Morgan fingerprint density at radius 3 is 2.56 bits per heavy atom. The van der Waals surface area contributed by atoms with Gasteiger partial charge in [0.05, 0.1) is 25.4 Å². The van der Waals surface area contributed by atoms with Crippen LogP contribution in [0.3, 0.4) is 0 Å². The molecule has 0 aromatic carbocycles. The van der Waals surface area contributed by atoms with Crippen LogP contribution < -0.4 is 10.5 Å². The van der Waals surface area contributed by atoms with E-state index in [2.05, 4.69) is 9.97 Å². The van der Waals surface area contributed by atoms with Crippen molar-refractivity contribution in [3.63, 3.8) is 0 Å². The molecule has 1 rings (SSSR count). The Hall–Kier alpha value is -1.40. The van der Waals surface area contributed by atoms with E-state index in [-0.39, 0.29) is 5.92 Å². The molecule has 18 heavy (non-hydrogen) atoms. The second-order valence-corrected chi connectivity index (χ2v) is 4.09. The van der Waals surface area contributed by atoms with Gasteiger partial charge in [0.15, 0.2) is 0 Å². The van der Waals surface area contributed by atoms with Crippen molar-refractivity contribution in [2.45, 2.75) is 19.8 Å². The van der Waals surface area contributed by atoms with Crippen LogP contribution in [0.2, 0.25) is 0 Å².